The van der Waals surface area contributed by atoms with Gasteiger partial charge in [0.1, 0.15) is 0 Å². The molecule has 0 amide bonds. The third-order valence-electron chi connectivity index (χ3n) is 3.27. The van der Waals surface area contributed by atoms with Crippen molar-refractivity contribution in [2.75, 3.05) is 6.61 Å². The summed E-state index contributed by atoms with van der Waals surface area (Å²) in [6.45, 7) is 6.90. The third-order valence-corrected chi connectivity index (χ3v) is 3.27. The van der Waals surface area contributed by atoms with E-state index in [9.17, 15) is 4.79 Å². The molecular formula is C14H24O2. The van der Waals surface area contributed by atoms with Gasteiger partial charge in [-0.2, -0.15) is 0 Å². The highest BCUT2D eigenvalue weighted by atomic mass is 16.5. The molecule has 92 valence electrons. The largest absolute Gasteiger partial charge is 0.465 e. The van der Waals surface area contributed by atoms with Crippen molar-refractivity contribution < 1.29 is 9.53 Å². The van der Waals surface area contributed by atoms with Gasteiger partial charge in [0.05, 0.1) is 12.5 Å². The van der Waals surface area contributed by atoms with Crippen LogP contribution in [-0.2, 0) is 9.53 Å². The maximum Gasteiger partial charge on any atom is 0.308 e. The van der Waals surface area contributed by atoms with Crippen molar-refractivity contribution in [1.82, 2.24) is 0 Å². The number of allylic oxidation sites excluding steroid dienone is 2. The van der Waals surface area contributed by atoms with Gasteiger partial charge in [0.2, 0.25) is 0 Å². The molecule has 0 spiro atoms. The fourth-order valence-electron chi connectivity index (χ4n) is 1.98. The molecule has 1 heterocycles. The van der Waals surface area contributed by atoms with Crippen molar-refractivity contribution in [3.8, 4) is 0 Å². The molecule has 1 rings (SSSR count). The Labute approximate surface area is 99.1 Å². The standard InChI is InChI=1S/C14H24O2/c1-11-6-4-8-12(2)10-16-14(15)13(3)9-5-7-11/h7,12-13H,4-6,8-10H2,1-3H3/b11-7+/t12-,13+/m0/s1. The number of hydrogen-bond acceptors (Lipinski definition) is 2. The van der Waals surface area contributed by atoms with Gasteiger partial charge < -0.3 is 4.74 Å². The summed E-state index contributed by atoms with van der Waals surface area (Å²) in [6, 6.07) is 0. The van der Waals surface area contributed by atoms with Crippen molar-refractivity contribution in [2.24, 2.45) is 11.8 Å². The normalized spacial score (nSPS) is 32.9. The zero-order valence-electron chi connectivity index (χ0n) is 10.8. The molecular weight excluding hydrogens is 200 g/mol. The number of cyclic esters (lactones) is 1. The van der Waals surface area contributed by atoms with Gasteiger partial charge in [0, 0.05) is 0 Å². The van der Waals surface area contributed by atoms with Crippen molar-refractivity contribution in [2.45, 2.75) is 52.9 Å². The van der Waals surface area contributed by atoms with Crippen molar-refractivity contribution in [3.05, 3.63) is 11.6 Å². The molecule has 2 heteroatoms. The van der Waals surface area contributed by atoms with Crippen LogP contribution in [0.3, 0.4) is 0 Å². The maximum atomic E-state index is 11.6. The first kappa shape index (κ1) is 13.3. The minimum atomic E-state index is -0.0292. The van der Waals surface area contributed by atoms with Crippen molar-refractivity contribution in [3.63, 3.8) is 0 Å². The van der Waals surface area contributed by atoms with E-state index in [-0.39, 0.29) is 11.9 Å². The Hall–Kier alpha value is -0.790. The summed E-state index contributed by atoms with van der Waals surface area (Å²) in [7, 11) is 0. The molecule has 2 atom stereocenters. The van der Waals surface area contributed by atoms with Gasteiger partial charge in [0.25, 0.3) is 0 Å². The van der Waals surface area contributed by atoms with Gasteiger partial charge in [-0.3, -0.25) is 4.79 Å². The molecule has 0 aromatic rings. The molecule has 1 aliphatic rings. The van der Waals surface area contributed by atoms with E-state index >= 15 is 0 Å². The second kappa shape index (κ2) is 6.72. The number of carbonyl (C=O) groups excluding carboxylic acids is 1. The van der Waals surface area contributed by atoms with Crippen LogP contribution >= 0.6 is 0 Å². The van der Waals surface area contributed by atoms with Crippen molar-refractivity contribution >= 4 is 5.97 Å². The van der Waals surface area contributed by atoms with Crippen LogP contribution in [0.15, 0.2) is 11.6 Å². The van der Waals surface area contributed by atoms with Crippen LogP contribution in [0.1, 0.15) is 52.9 Å². The highest BCUT2D eigenvalue weighted by Gasteiger charge is 2.15. The van der Waals surface area contributed by atoms with Crippen LogP contribution in [0.2, 0.25) is 0 Å². The molecule has 0 unspecified atom stereocenters. The highest BCUT2D eigenvalue weighted by Crippen LogP contribution is 2.17. The summed E-state index contributed by atoms with van der Waals surface area (Å²) < 4.78 is 5.31. The van der Waals surface area contributed by atoms with Gasteiger partial charge in [0.15, 0.2) is 0 Å². The quantitative estimate of drug-likeness (QED) is 0.463. The van der Waals surface area contributed by atoms with E-state index in [1.54, 1.807) is 0 Å². The first-order chi connectivity index (χ1) is 7.59. The van der Waals surface area contributed by atoms with Crippen LogP contribution in [0.4, 0.5) is 0 Å². The average Bonchev–Trinajstić information content (AvgIpc) is 2.24. The van der Waals surface area contributed by atoms with Gasteiger partial charge >= 0.3 is 5.97 Å². The molecule has 0 aromatic carbocycles. The van der Waals surface area contributed by atoms with Gasteiger partial charge in [-0.25, -0.2) is 0 Å². The van der Waals surface area contributed by atoms with Gasteiger partial charge in [-0.1, -0.05) is 25.5 Å². The Morgan fingerprint density at radius 1 is 1.31 bits per heavy atom. The minimum Gasteiger partial charge on any atom is -0.465 e. The zero-order valence-corrected chi connectivity index (χ0v) is 10.8. The molecule has 16 heavy (non-hydrogen) atoms. The smallest absolute Gasteiger partial charge is 0.308 e. The first-order valence-electron chi connectivity index (χ1n) is 6.42. The van der Waals surface area contributed by atoms with E-state index in [1.807, 2.05) is 6.92 Å². The molecule has 0 saturated heterocycles. The Balaban J connectivity index is 2.55. The lowest BCUT2D eigenvalue weighted by Crippen LogP contribution is -2.18. The fourth-order valence-corrected chi connectivity index (χ4v) is 1.98. The Bertz CT molecular complexity index is 255. The van der Waals surface area contributed by atoms with E-state index < -0.39 is 0 Å². The zero-order chi connectivity index (χ0) is 12.0. The summed E-state index contributed by atoms with van der Waals surface area (Å²) in [5.74, 6) is 0.498. The molecule has 0 radical (unpaired) electrons. The molecule has 0 N–H and O–H groups in total. The summed E-state index contributed by atoms with van der Waals surface area (Å²) in [6.07, 6.45) is 7.72. The van der Waals surface area contributed by atoms with Crippen molar-refractivity contribution in [1.29, 1.82) is 0 Å². The second-order valence-electron chi connectivity index (χ2n) is 5.16. The van der Waals surface area contributed by atoms with Crippen LogP contribution in [0, 0.1) is 11.8 Å². The molecule has 1 aliphatic heterocycles. The Morgan fingerprint density at radius 2 is 2.06 bits per heavy atom. The topological polar surface area (TPSA) is 26.3 Å². The molecule has 0 aromatic heterocycles. The van der Waals surface area contributed by atoms with E-state index in [4.69, 9.17) is 4.74 Å². The van der Waals surface area contributed by atoms with Crippen LogP contribution in [-0.4, -0.2) is 12.6 Å². The fraction of sp³-hybridized carbons (Fsp3) is 0.786. The number of esters is 1. The van der Waals surface area contributed by atoms with E-state index in [1.165, 1.54) is 18.4 Å². The lowest BCUT2D eigenvalue weighted by atomic mass is 9.99. The lowest BCUT2D eigenvalue weighted by molar-refractivity contribution is -0.149. The number of ether oxygens (including phenoxy) is 1. The third kappa shape index (κ3) is 4.82. The number of rotatable bonds is 0. The van der Waals surface area contributed by atoms with E-state index in [0.29, 0.717) is 12.5 Å². The molecule has 0 bridgehead atoms. The number of carbonyl (C=O) groups is 1. The maximum absolute atomic E-state index is 11.6. The first-order valence-corrected chi connectivity index (χ1v) is 6.42. The van der Waals surface area contributed by atoms with Gasteiger partial charge in [-0.05, 0) is 44.9 Å². The summed E-state index contributed by atoms with van der Waals surface area (Å²) >= 11 is 0. The summed E-state index contributed by atoms with van der Waals surface area (Å²) in [4.78, 5) is 11.6. The predicted molar refractivity (Wildman–Crippen MR) is 66.1 cm³/mol. The number of hydrogen-bond donors (Lipinski definition) is 0. The highest BCUT2D eigenvalue weighted by molar-refractivity contribution is 5.71. The predicted octanol–water partition coefficient (Wildman–Crippen LogP) is 3.71. The Morgan fingerprint density at radius 3 is 2.81 bits per heavy atom. The minimum absolute atomic E-state index is 0.0292. The van der Waals surface area contributed by atoms with Crippen LogP contribution < -0.4 is 0 Å². The molecule has 0 saturated carbocycles. The molecule has 2 nitrogen and oxygen atoms in total. The van der Waals surface area contributed by atoms with E-state index in [0.717, 1.165) is 19.3 Å². The molecule has 0 aliphatic carbocycles. The SMILES string of the molecule is C/C1=C\CC[C@@H](C)C(=O)OC[C@@H](C)CCC1. The van der Waals surface area contributed by atoms with Crippen LogP contribution in [0.5, 0.6) is 0 Å². The summed E-state index contributed by atoms with van der Waals surface area (Å²) in [5.41, 5.74) is 1.47. The van der Waals surface area contributed by atoms with Crippen LogP contribution in [0.25, 0.3) is 0 Å². The monoisotopic (exact) mass is 224 g/mol. The lowest BCUT2D eigenvalue weighted by Gasteiger charge is -2.16. The Kier molecular flexibility index (Phi) is 5.58. The average molecular weight is 224 g/mol. The molecule has 0 fully saturated rings. The second-order valence-corrected chi connectivity index (χ2v) is 5.16. The van der Waals surface area contributed by atoms with Gasteiger partial charge in [-0.15, -0.1) is 0 Å². The summed E-state index contributed by atoms with van der Waals surface area (Å²) in [5, 5.41) is 0. The van der Waals surface area contributed by atoms with E-state index in [2.05, 4.69) is 19.9 Å².